The summed E-state index contributed by atoms with van der Waals surface area (Å²) in [5, 5.41) is 30.5. The summed E-state index contributed by atoms with van der Waals surface area (Å²) in [5.74, 6) is -1.44. The van der Waals surface area contributed by atoms with Crippen molar-refractivity contribution in [2.45, 2.75) is 0 Å². The van der Waals surface area contributed by atoms with Crippen molar-refractivity contribution in [1.29, 1.82) is 5.26 Å². The summed E-state index contributed by atoms with van der Waals surface area (Å²) in [6, 6.07) is 8.31. The first-order chi connectivity index (χ1) is 10.4. The quantitative estimate of drug-likeness (QED) is 0.369. The number of carbonyl (C=O) groups excluding carboxylic acids is 1. The fourth-order valence-electron chi connectivity index (χ4n) is 1.72. The van der Waals surface area contributed by atoms with Crippen LogP contribution < -0.4 is 5.11 Å². The Kier molecular flexibility index (Phi) is 4.25. The second-order valence-electron chi connectivity index (χ2n) is 4.08. The van der Waals surface area contributed by atoms with Gasteiger partial charge in [-0.3, -0.25) is 10.1 Å². The van der Waals surface area contributed by atoms with Gasteiger partial charge < -0.3 is 14.3 Å². The summed E-state index contributed by atoms with van der Waals surface area (Å²) in [6.07, 6.45) is 0.973. The molecule has 0 bridgehead atoms. The van der Waals surface area contributed by atoms with Crippen LogP contribution in [-0.4, -0.2) is 10.9 Å². The van der Waals surface area contributed by atoms with Crippen LogP contribution in [0.25, 0.3) is 17.4 Å². The SMILES string of the molecule is N#C/C(=C\c1ccc(-c2ccc(Cl)cc2[N+](=O)[O-])o1)C(=O)[O-]. The van der Waals surface area contributed by atoms with E-state index in [1.54, 1.807) is 0 Å². The van der Waals surface area contributed by atoms with Gasteiger partial charge in [-0.1, -0.05) is 11.6 Å². The fraction of sp³-hybridized carbons (Fsp3) is 0. The van der Waals surface area contributed by atoms with Gasteiger partial charge >= 0.3 is 0 Å². The predicted molar refractivity (Wildman–Crippen MR) is 74.4 cm³/mol. The second kappa shape index (κ2) is 6.11. The minimum Gasteiger partial charge on any atom is -0.544 e. The first-order valence-electron chi connectivity index (χ1n) is 5.79. The van der Waals surface area contributed by atoms with Crippen LogP contribution in [0.3, 0.4) is 0 Å². The zero-order valence-corrected chi connectivity index (χ0v) is 11.5. The summed E-state index contributed by atoms with van der Waals surface area (Å²) in [7, 11) is 0. The van der Waals surface area contributed by atoms with E-state index in [1.165, 1.54) is 36.4 Å². The molecule has 0 saturated carbocycles. The molecular formula is C14H6ClN2O5-. The number of carboxylic acids is 1. The van der Waals surface area contributed by atoms with E-state index in [-0.39, 0.29) is 27.8 Å². The van der Waals surface area contributed by atoms with Gasteiger partial charge in [0.15, 0.2) is 0 Å². The molecule has 2 rings (SSSR count). The number of benzene rings is 1. The van der Waals surface area contributed by atoms with Gasteiger partial charge in [0.2, 0.25) is 0 Å². The van der Waals surface area contributed by atoms with Crippen molar-refractivity contribution >= 4 is 29.3 Å². The van der Waals surface area contributed by atoms with Crippen molar-refractivity contribution in [3.05, 3.63) is 56.8 Å². The minimum atomic E-state index is -1.64. The zero-order valence-electron chi connectivity index (χ0n) is 10.8. The molecule has 0 atom stereocenters. The van der Waals surface area contributed by atoms with Crippen LogP contribution in [-0.2, 0) is 4.79 Å². The maximum Gasteiger partial charge on any atom is 0.281 e. The molecule has 22 heavy (non-hydrogen) atoms. The highest BCUT2D eigenvalue weighted by Gasteiger charge is 2.18. The lowest BCUT2D eigenvalue weighted by atomic mass is 10.1. The average Bonchev–Trinajstić information content (AvgIpc) is 2.92. The molecule has 110 valence electrons. The molecule has 0 radical (unpaired) electrons. The molecule has 0 unspecified atom stereocenters. The highest BCUT2D eigenvalue weighted by atomic mass is 35.5. The molecule has 0 spiro atoms. The number of nitro benzene ring substituents is 1. The Balaban J connectivity index is 2.48. The number of nitro groups is 1. The lowest BCUT2D eigenvalue weighted by Crippen LogP contribution is -2.23. The number of hydrogen-bond acceptors (Lipinski definition) is 6. The van der Waals surface area contributed by atoms with E-state index in [0.29, 0.717) is 0 Å². The van der Waals surface area contributed by atoms with Crippen molar-refractivity contribution in [2.75, 3.05) is 0 Å². The van der Waals surface area contributed by atoms with Gasteiger partial charge in [0.1, 0.15) is 17.6 Å². The van der Waals surface area contributed by atoms with Gasteiger partial charge in [-0.15, -0.1) is 0 Å². The number of nitriles is 1. The average molecular weight is 318 g/mol. The van der Waals surface area contributed by atoms with Crippen molar-refractivity contribution in [2.24, 2.45) is 0 Å². The molecule has 0 amide bonds. The molecular weight excluding hydrogens is 312 g/mol. The molecule has 1 aromatic carbocycles. The van der Waals surface area contributed by atoms with Gasteiger partial charge in [-0.25, -0.2) is 0 Å². The molecule has 8 heteroatoms. The molecule has 1 aromatic heterocycles. The number of aliphatic carboxylic acids is 1. The highest BCUT2D eigenvalue weighted by Crippen LogP contribution is 2.33. The normalized spacial score (nSPS) is 11.0. The summed E-state index contributed by atoms with van der Waals surface area (Å²) in [5.41, 5.74) is -0.690. The number of hydrogen-bond donors (Lipinski definition) is 0. The number of halogens is 1. The van der Waals surface area contributed by atoms with Crippen LogP contribution in [0.2, 0.25) is 5.02 Å². The first-order valence-corrected chi connectivity index (χ1v) is 6.17. The minimum absolute atomic E-state index is 0.0556. The summed E-state index contributed by atoms with van der Waals surface area (Å²) in [6.45, 7) is 0. The molecule has 0 N–H and O–H groups in total. The third-order valence-corrected chi connectivity index (χ3v) is 2.91. The largest absolute Gasteiger partial charge is 0.544 e. The maximum absolute atomic E-state index is 11.0. The van der Waals surface area contributed by atoms with E-state index in [1.807, 2.05) is 0 Å². The lowest BCUT2D eigenvalue weighted by molar-refractivity contribution is -0.384. The number of furan rings is 1. The molecule has 0 aliphatic rings. The molecule has 0 aliphatic heterocycles. The molecule has 2 aromatic rings. The van der Waals surface area contributed by atoms with Crippen molar-refractivity contribution in [1.82, 2.24) is 0 Å². The van der Waals surface area contributed by atoms with Crippen LogP contribution in [0.15, 0.2) is 40.3 Å². The Morgan fingerprint density at radius 3 is 2.68 bits per heavy atom. The topological polar surface area (TPSA) is 120 Å². The molecule has 0 fully saturated rings. The lowest BCUT2D eigenvalue weighted by Gasteiger charge is -2.00. The van der Waals surface area contributed by atoms with E-state index >= 15 is 0 Å². The van der Waals surface area contributed by atoms with E-state index in [0.717, 1.165) is 6.08 Å². The van der Waals surface area contributed by atoms with E-state index in [4.69, 9.17) is 21.3 Å². The Morgan fingerprint density at radius 2 is 2.09 bits per heavy atom. The van der Waals surface area contributed by atoms with Crippen molar-refractivity contribution in [3.8, 4) is 17.4 Å². The smallest absolute Gasteiger partial charge is 0.281 e. The third-order valence-electron chi connectivity index (χ3n) is 2.68. The summed E-state index contributed by atoms with van der Waals surface area (Å²) >= 11 is 5.72. The highest BCUT2D eigenvalue weighted by molar-refractivity contribution is 6.30. The third kappa shape index (κ3) is 3.13. The van der Waals surface area contributed by atoms with Gasteiger partial charge in [0, 0.05) is 17.2 Å². The number of carbonyl (C=O) groups is 1. The fourth-order valence-corrected chi connectivity index (χ4v) is 1.88. The Hall–Kier alpha value is -3.11. The van der Waals surface area contributed by atoms with Crippen LogP contribution in [0.1, 0.15) is 5.76 Å². The van der Waals surface area contributed by atoms with Crippen LogP contribution in [0.4, 0.5) is 5.69 Å². The van der Waals surface area contributed by atoms with E-state index in [2.05, 4.69) is 0 Å². The number of rotatable bonds is 4. The van der Waals surface area contributed by atoms with E-state index < -0.39 is 16.5 Å². The Labute approximate surface area is 128 Å². The standard InChI is InChI=1S/C14H7ClN2O5/c15-9-1-3-11(12(6-9)17(20)21)13-4-2-10(22-13)5-8(7-16)14(18)19/h1-6H,(H,18,19)/p-1/b8-5+. The Morgan fingerprint density at radius 1 is 1.36 bits per heavy atom. The first kappa shape index (κ1) is 15.3. The van der Waals surface area contributed by atoms with Crippen LogP contribution in [0, 0.1) is 21.4 Å². The summed E-state index contributed by atoms with van der Waals surface area (Å²) < 4.78 is 5.32. The zero-order chi connectivity index (χ0) is 16.3. The summed E-state index contributed by atoms with van der Waals surface area (Å²) in [4.78, 5) is 21.1. The van der Waals surface area contributed by atoms with Crippen LogP contribution >= 0.6 is 11.6 Å². The van der Waals surface area contributed by atoms with Crippen molar-refractivity contribution < 1.29 is 19.2 Å². The van der Waals surface area contributed by atoms with Gasteiger partial charge in [-0.2, -0.15) is 5.26 Å². The molecule has 0 aliphatic carbocycles. The van der Waals surface area contributed by atoms with Gasteiger partial charge in [0.05, 0.1) is 22.0 Å². The van der Waals surface area contributed by atoms with Gasteiger partial charge in [0.25, 0.3) is 5.69 Å². The van der Waals surface area contributed by atoms with Crippen LogP contribution in [0.5, 0.6) is 0 Å². The predicted octanol–water partition coefficient (Wildman–Crippen LogP) is 2.17. The number of carboxylic acid groups (broad SMARTS) is 1. The molecule has 7 nitrogen and oxygen atoms in total. The molecule has 1 heterocycles. The van der Waals surface area contributed by atoms with E-state index in [9.17, 15) is 20.0 Å². The Bertz CT molecular complexity index is 832. The van der Waals surface area contributed by atoms with Crippen molar-refractivity contribution in [3.63, 3.8) is 0 Å². The second-order valence-corrected chi connectivity index (χ2v) is 4.51. The molecule has 0 saturated heterocycles. The maximum atomic E-state index is 11.0. The number of nitrogens with zero attached hydrogens (tertiary/aromatic N) is 2. The van der Waals surface area contributed by atoms with Gasteiger partial charge in [-0.05, 0) is 24.3 Å². The monoisotopic (exact) mass is 317 g/mol.